The largest absolute Gasteiger partial charge is 0.309 e. The first-order valence-corrected chi connectivity index (χ1v) is 4.16. The maximum absolute atomic E-state index is 10.6. The van der Waals surface area contributed by atoms with E-state index in [0.29, 0.717) is 0 Å². The fraction of sp³-hybridized carbons (Fsp3) is 0.333. The Morgan fingerprint density at radius 2 is 2.23 bits per heavy atom. The van der Waals surface area contributed by atoms with Gasteiger partial charge in [0.25, 0.3) is 5.69 Å². The van der Waals surface area contributed by atoms with E-state index < -0.39 is 0 Å². The minimum atomic E-state index is -0.325. The summed E-state index contributed by atoms with van der Waals surface area (Å²) in [7, 11) is 0. The van der Waals surface area contributed by atoms with Crippen LogP contribution in [0.2, 0.25) is 0 Å². The van der Waals surface area contributed by atoms with Crippen LogP contribution in [0.5, 0.6) is 0 Å². The molecule has 0 atom stereocenters. The molecule has 0 unspecified atom stereocenters. The van der Waals surface area contributed by atoms with Crippen LogP contribution in [0.3, 0.4) is 0 Å². The summed E-state index contributed by atoms with van der Waals surface area (Å²) < 4.78 is 0. The lowest BCUT2D eigenvalue weighted by Crippen LogP contribution is -2.00. The lowest BCUT2D eigenvalue weighted by atomic mass is 10.0. The van der Waals surface area contributed by atoms with E-state index in [9.17, 15) is 10.1 Å². The van der Waals surface area contributed by atoms with Gasteiger partial charge in [-0.3, -0.25) is 10.1 Å². The highest BCUT2D eigenvalue weighted by Crippen LogP contribution is 2.27. The summed E-state index contributed by atoms with van der Waals surface area (Å²) in [5, 5.41) is 13.8. The predicted molar refractivity (Wildman–Crippen MR) is 48.4 cm³/mol. The van der Waals surface area contributed by atoms with Gasteiger partial charge in [-0.25, -0.2) is 0 Å². The molecule has 0 amide bonds. The van der Waals surface area contributed by atoms with Gasteiger partial charge in [-0.05, 0) is 18.1 Å². The Bertz CT molecular complexity index is 374. The highest BCUT2D eigenvalue weighted by Gasteiger charge is 2.19. The zero-order valence-corrected chi connectivity index (χ0v) is 7.33. The van der Waals surface area contributed by atoms with Crippen LogP contribution in [0, 0.1) is 17.0 Å². The molecule has 13 heavy (non-hydrogen) atoms. The molecule has 0 aliphatic carbocycles. The SMILES string of the molecule is Cc1c([N+](=O)[O-])ccc2c1CNC2. The number of nitrogens with zero attached hydrogens (tertiary/aromatic N) is 1. The smallest absolute Gasteiger partial charge is 0.272 e. The van der Waals surface area contributed by atoms with Crippen molar-refractivity contribution in [3.8, 4) is 0 Å². The van der Waals surface area contributed by atoms with Crippen LogP contribution >= 0.6 is 0 Å². The third-order valence-electron chi connectivity index (χ3n) is 2.48. The molecule has 68 valence electrons. The van der Waals surface area contributed by atoms with E-state index in [-0.39, 0.29) is 10.6 Å². The summed E-state index contributed by atoms with van der Waals surface area (Å²) >= 11 is 0. The molecule has 1 N–H and O–H groups in total. The second kappa shape index (κ2) is 2.81. The molecule has 0 saturated carbocycles. The normalized spacial score (nSPS) is 14.2. The number of nitro benzene ring substituents is 1. The van der Waals surface area contributed by atoms with Crippen molar-refractivity contribution in [1.29, 1.82) is 0 Å². The molecule has 0 bridgehead atoms. The van der Waals surface area contributed by atoms with Gasteiger partial charge in [0.05, 0.1) is 4.92 Å². The Balaban J connectivity index is 2.59. The molecule has 0 saturated heterocycles. The van der Waals surface area contributed by atoms with Crippen LogP contribution in [0.4, 0.5) is 5.69 Å². The maximum Gasteiger partial charge on any atom is 0.272 e. The van der Waals surface area contributed by atoms with Gasteiger partial charge in [-0.2, -0.15) is 0 Å². The Morgan fingerprint density at radius 1 is 1.46 bits per heavy atom. The zero-order valence-electron chi connectivity index (χ0n) is 7.33. The van der Waals surface area contributed by atoms with Crippen molar-refractivity contribution in [2.24, 2.45) is 0 Å². The fourth-order valence-electron chi connectivity index (χ4n) is 1.73. The van der Waals surface area contributed by atoms with Gasteiger partial charge in [0.15, 0.2) is 0 Å². The average Bonchev–Trinajstić information content (AvgIpc) is 2.52. The molecule has 0 radical (unpaired) electrons. The molecule has 0 spiro atoms. The third-order valence-corrected chi connectivity index (χ3v) is 2.48. The van der Waals surface area contributed by atoms with E-state index in [1.165, 1.54) is 5.56 Å². The molecule has 4 heteroatoms. The molecule has 0 fully saturated rings. The van der Waals surface area contributed by atoms with E-state index in [2.05, 4.69) is 5.32 Å². The van der Waals surface area contributed by atoms with Crippen molar-refractivity contribution in [1.82, 2.24) is 5.32 Å². The Kier molecular flexibility index (Phi) is 1.77. The van der Waals surface area contributed by atoms with Crippen LogP contribution < -0.4 is 5.32 Å². The summed E-state index contributed by atoms with van der Waals surface area (Å²) in [5.41, 5.74) is 3.30. The highest BCUT2D eigenvalue weighted by atomic mass is 16.6. The van der Waals surface area contributed by atoms with Gasteiger partial charge in [0.2, 0.25) is 0 Å². The van der Waals surface area contributed by atoms with Gasteiger partial charge in [-0.15, -0.1) is 0 Å². The van der Waals surface area contributed by atoms with Crippen LogP contribution in [0.25, 0.3) is 0 Å². The number of hydrogen-bond acceptors (Lipinski definition) is 3. The summed E-state index contributed by atoms with van der Waals surface area (Å²) in [4.78, 5) is 10.3. The monoisotopic (exact) mass is 178 g/mol. The topological polar surface area (TPSA) is 55.2 Å². The standard InChI is InChI=1S/C9H10N2O2/c1-6-8-5-10-4-7(8)2-3-9(6)11(12)13/h2-3,10H,4-5H2,1H3. The van der Waals surface area contributed by atoms with E-state index in [1.54, 1.807) is 6.07 Å². The minimum Gasteiger partial charge on any atom is -0.309 e. The van der Waals surface area contributed by atoms with Crippen molar-refractivity contribution >= 4 is 5.69 Å². The molecule has 1 heterocycles. The first-order valence-electron chi connectivity index (χ1n) is 4.16. The summed E-state index contributed by atoms with van der Waals surface area (Å²) in [5.74, 6) is 0. The summed E-state index contributed by atoms with van der Waals surface area (Å²) in [6.45, 7) is 3.39. The Morgan fingerprint density at radius 3 is 2.92 bits per heavy atom. The number of rotatable bonds is 1. The van der Waals surface area contributed by atoms with Gasteiger partial charge < -0.3 is 5.32 Å². The molecule has 2 rings (SSSR count). The quantitative estimate of drug-likeness (QED) is 0.523. The highest BCUT2D eigenvalue weighted by molar-refractivity contribution is 5.49. The van der Waals surface area contributed by atoms with Gasteiger partial charge in [0, 0.05) is 24.7 Å². The second-order valence-electron chi connectivity index (χ2n) is 3.21. The molecule has 0 aromatic heterocycles. The van der Waals surface area contributed by atoms with Gasteiger partial charge >= 0.3 is 0 Å². The number of nitrogens with one attached hydrogen (secondary N) is 1. The molecule has 1 aromatic carbocycles. The molecule has 1 aliphatic heterocycles. The lowest BCUT2D eigenvalue weighted by molar-refractivity contribution is -0.385. The molecular formula is C9H10N2O2. The van der Waals surface area contributed by atoms with Crippen molar-refractivity contribution in [3.05, 3.63) is 38.9 Å². The molecule has 1 aromatic rings. The predicted octanol–water partition coefficient (Wildman–Crippen LogP) is 1.51. The first-order chi connectivity index (χ1) is 6.20. The van der Waals surface area contributed by atoms with Crippen molar-refractivity contribution in [3.63, 3.8) is 0 Å². The first kappa shape index (κ1) is 8.19. The fourth-order valence-corrected chi connectivity index (χ4v) is 1.73. The summed E-state index contributed by atoms with van der Waals surface area (Å²) in [6, 6.07) is 3.42. The Labute approximate surface area is 75.7 Å². The lowest BCUT2D eigenvalue weighted by Gasteiger charge is -2.02. The van der Waals surface area contributed by atoms with Gasteiger partial charge in [0.1, 0.15) is 0 Å². The number of fused-ring (bicyclic) bond motifs is 1. The van der Waals surface area contributed by atoms with E-state index >= 15 is 0 Å². The van der Waals surface area contributed by atoms with Crippen molar-refractivity contribution < 1.29 is 4.92 Å². The number of nitro groups is 1. The zero-order chi connectivity index (χ0) is 9.42. The van der Waals surface area contributed by atoms with Crippen molar-refractivity contribution in [2.75, 3.05) is 0 Å². The average molecular weight is 178 g/mol. The second-order valence-corrected chi connectivity index (χ2v) is 3.21. The van der Waals surface area contributed by atoms with E-state index in [1.807, 2.05) is 13.0 Å². The van der Waals surface area contributed by atoms with E-state index in [0.717, 1.165) is 24.2 Å². The number of hydrogen-bond donors (Lipinski definition) is 1. The van der Waals surface area contributed by atoms with Crippen LogP contribution in [-0.4, -0.2) is 4.92 Å². The molecule has 4 nitrogen and oxygen atoms in total. The molecule has 1 aliphatic rings. The minimum absolute atomic E-state index is 0.224. The van der Waals surface area contributed by atoms with Crippen molar-refractivity contribution in [2.45, 2.75) is 20.0 Å². The third kappa shape index (κ3) is 1.19. The Hall–Kier alpha value is -1.42. The van der Waals surface area contributed by atoms with Crippen LogP contribution in [0.1, 0.15) is 16.7 Å². The maximum atomic E-state index is 10.6. The molecular weight excluding hydrogens is 168 g/mol. The van der Waals surface area contributed by atoms with Gasteiger partial charge in [-0.1, -0.05) is 6.07 Å². The van der Waals surface area contributed by atoms with E-state index in [4.69, 9.17) is 0 Å². The summed E-state index contributed by atoms with van der Waals surface area (Å²) in [6.07, 6.45) is 0. The van der Waals surface area contributed by atoms with Crippen LogP contribution in [-0.2, 0) is 13.1 Å². The number of benzene rings is 1. The van der Waals surface area contributed by atoms with Crippen LogP contribution in [0.15, 0.2) is 12.1 Å².